The van der Waals surface area contributed by atoms with Gasteiger partial charge in [-0.15, -0.1) is 0 Å². The molecule has 2 amide bonds. The Morgan fingerprint density at radius 2 is 2.00 bits per heavy atom. The number of amides is 2. The number of aromatic hydroxyl groups is 1. The Balaban J connectivity index is 1.65. The van der Waals surface area contributed by atoms with Crippen LogP contribution >= 0.6 is 11.6 Å². The highest BCUT2D eigenvalue weighted by Gasteiger charge is 2.28. The third-order valence-electron chi connectivity index (χ3n) is 4.94. The second-order valence-electron chi connectivity index (χ2n) is 6.82. The standard InChI is InChI=1S/C20H18ClN5O4/c1-12(27)24-8-9-25-17(11-24)19(29)26(20(25)30)16-6-5-13(10-14(16)21)23-18(28)15-4-2-3-7-22-15/h2-7,10,29H,8-9,11H2,1H3,(H,23,28). The number of imidazole rings is 1. The number of benzene rings is 1. The summed E-state index contributed by atoms with van der Waals surface area (Å²) in [6, 6.07) is 9.59. The van der Waals surface area contributed by atoms with E-state index in [1.165, 1.54) is 29.8 Å². The maximum absolute atomic E-state index is 12.8. The molecule has 3 heterocycles. The minimum atomic E-state index is -0.446. The Morgan fingerprint density at radius 1 is 1.20 bits per heavy atom. The number of fused-ring (bicyclic) bond motifs is 1. The van der Waals surface area contributed by atoms with Gasteiger partial charge in [0.05, 0.1) is 17.3 Å². The molecule has 0 unspecified atom stereocenters. The molecule has 9 nitrogen and oxygen atoms in total. The van der Waals surface area contributed by atoms with Gasteiger partial charge in [-0.1, -0.05) is 17.7 Å². The van der Waals surface area contributed by atoms with Crippen LogP contribution in [0.5, 0.6) is 5.88 Å². The highest BCUT2D eigenvalue weighted by atomic mass is 35.5. The van der Waals surface area contributed by atoms with Crippen molar-refractivity contribution in [2.75, 3.05) is 11.9 Å². The van der Waals surface area contributed by atoms with Gasteiger partial charge in [0.2, 0.25) is 11.8 Å². The number of halogens is 1. The van der Waals surface area contributed by atoms with Crippen molar-refractivity contribution in [3.05, 3.63) is 69.5 Å². The van der Waals surface area contributed by atoms with Crippen LogP contribution in [-0.4, -0.2) is 42.5 Å². The van der Waals surface area contributed by atoms with E-state index < -0.39 is 11.6 Å². The van der Waals surface area contributed by atoms with Crippen LogP contribution in [0.15, 0.2) is 47.4 Å². The van der Waals surface area contributed by atoms with Crippen molar-refractivity contribution in [3.8, 4) is 11.6 Å². The summed E-state index contributed by atoms with van der Waals surface area (Å²) in [4.78, 5) is 42.3. The molecular formula is C20H18ClN5O4. The molecule has 1 aromatic carbocycles. The Morgan fingerprint density at radius 3 is 2.67 bits per heavy atom. The van der Waals surface area contributed by atoms with Gasteiger partial charge in [-0.25, -0.2) is 9.36 Å². The molecule has 2 N–H and O–H groups in total. The van der Waals surface area contributed by atoms with E-state index in [1.807, 2.05) is 0 Å². The first kappa shape index (κ1) is 19.7. The lowest BCUT2D eigenvalue weighted by Crippen LogP contribution is -2.39. The number of nitrogens with zero attached hydrogens (tertiary/aromatic N) is 4. The number of aromatic nitrogens is 3. The molecule has 0 atom stereocenters. The zero-order chi connectivity index (χ0) is 21.4. The van der Waals surface area contributed by atoms with Crippen molar-refractivity contribution in [3.63, 3.8) is 0 Å². The Hall–Kier alpha value is -3.59. The van der Waals surface area contributed by atoms with E-state index in [1.54, 1.807) is 29.2 Å². The number of rotatable bonds is 3. The van der Waals surface area contributed by atoms with E-state index in [9.17, 15) is 19.5 Å². The maximum atomic E-state index is 12.8. The summed E-state index contributed by atoms with van der Waals surface area (Å²) in [7, 11) is 0. The van der Waals surface area contributed by atoms with Crippen LogP contribution < -0.4 is 11.0 Å². The van der Waals surface area contributed by atoms with Gasteiger partial charge in [-0.3, -0.25) is 19.1 Å². The summed E-state index contributed by atoms with van der Waals surface area (Å²) in [5.41, 5.74) is 0.842. The monoisotopic (exact) mass is 427 g/mol. The van der Waals surface area contributed by atoms with Crippen LogP contribution in [0.2, 0.25) is 5.02 Å². The number of hydrogen-bond acceptors (Lipinski definition) is 5. The maximum Gasteiger partial charge on any atom is 0.336 e. The van der Waals surface area contributed by atoms with Crippen molar-refractivity contribution in [2.24, 2.45) is 0 Å². The van der Waals surface area contributed by atoms with E-state index in [0.29, 0.717) is 17.9 Å². The van der Waals surface area contributed by atoms with Crippen LogP contribution in [0.3, 0.4) is 0 Å². The smallest absolute Gasteiger partial charge is 0.336 e. The fraction of sp³-hybridized carbons (Fsp3) is 0.200. The summed E-state index contributed by atoms with van der Waals surface area (Å²) >= 11 is 6.37. The molecule has 0 saturated heterocycles. The largest absolute Gasteiger partial charge is 0.493 e. The van der Waals surface area contributed by atoms with E-state index in [-0.39, 0.29) is 41.3 Å². The van der Waals surface area contributed by atoms with Gasteiger partial charge in [0, 0.05) is 31.9 Å². The number of hydrogen-bond donors (Lipinski definition) is 2. The third-order valence-corrected chi connectivity index (χ3v) is 5.24. The first-order valence-corrected chi connectivity index (χ1v) is 9.56. The Labute approximate surface area is 176 Å². The Kier molecular flexibility index (Phi) is 5.04. The average molecular weight is 428 g/mol. The summed E-state index contributed by atoms with van der Waals surface area (Å²) < 4.78 is 2.54. The predicted molar refractivity (Wildman–Crippen MR) is 110 cm³/mol. The molecule has 30 heavy (non-hydrogen) atoms. The van der Waals surface area contributed by atoms with Gasteiger partial charge >= 0.3 is 5.69 Å². The van der Waals surface area contributed by atoms with Crippen LogP contribution in [0.4, 0.5) is 5.69 Å². The van der Waals surface area contributed by atoms with Gasteiger partial charge in [0.25, 0.3) is 5.91 Å². The highest BCUT2D eigenvalue weighted by molar-refractivity contribution is 6.32. The van der Waals surface area contributed by atoms with Gasteiger partial charge in [-0.2, -0.15) is 0 Å². The zero-order valence-corrected chi connectivity index (χ0v) is 16.8. The van der Waals surface area contributed by atoms with E-state index in [0.717, 1.165) is 4.57 Å². The summed E-state index contributed by atoms with van der Waals surface area (Å²) in [5, 5.41) is 13.5. The molecule has 0 aliphatic carbocycles. The predicted octanol–water partition coefficient (Wildman–Crippen LogP) is 2.01. The summed E-state index contributed by atoms with van der Waals surface area (Å²) in [6.07, 6.45) is 1.52. The molecule has 4 rings (SSSR count). The number of pyridine rings is 1. The minimum Gasteiger partial charge on any atom is -0.493 e. The van der Waals surface area contributed by atoms with Crippen LogP contribution in [-0.2, 0) is 17.9 Å². The Bertz CT molecular complexity index is 1200. The van der Waals surface area contributed by atoms with Crippen LogP contribution in [0.25, 0.3) is 5.69 Å². The topological polar surface area (TPSA) is 109 Å². The average Bonchev–Trinajstić information content (AvgIpc) is 2.99. The fourth-order valence-corrected chi connectivity index (χ4v) is 3.65. The van der Waals surface area contributed by atoms with Crippen molar-refractivity contribution < 1.29 is 14.7 Å². The van der Waals surface area contributed by atoms with Gasteiger partial charge < -0.3 is 15.3 Å². The molecule has 0 saturated carbocycles. The quantitative estimate of drug-likeness (QED) is 0.664. The van der Waals surface area contributed by atoms with Crippen LogP contribution in [0.1, 0.15) is 23.1 Å². The molecule has 1 aliphatic heterocycles. The second kappa shape index (κ2) is 7.68. The molecule has 10 heteroatoms. The lowest BCUT2D eigenvalue weighted by atomic mass is 10.2. The lowest BCUT2D eigenvalue weighted by Gasteiger charge is -2.26. The zero-order valence-electron chi connectivity index (χ0n) is 16.0. The first-order valence-electron chi connectivity index (χ1n) is 9.18. The number of anilines is 1. The normalized spacial score (nSPS) is 13.1. The number of carbonyl (C=O) groups is 2. The molecule has 1 aliphatic rings. The summed E-state index contributed by atoms with van der Waals surface area (Å²) in [6.45, 7) is 2.25. The second-order valence-corrected chi connectivity index (χ2v) is 7.22. The molecule has 2 aromatic heterocycles. The van der Waals surface area contributed by atoms with E-state index in [2.05, 4.69) is 10.3 Å². The highest BCUT2D eigenvalue weighted by Crippen LogP contribution is 2.30. The van der Waals surface area contributed by atoms with Gasteiger partial charge in [0.1, 0.15) is 11.4 Å². The van der Waals surface area contributed by atoms with Gasteiger partial charge in [0.15, 0.2) is 0 Å². The van der Waals surface area contributed by atoms with Crippen molar-refractivity contribution in [1.29, 1.82) is 0 Å². The first-order chi connectivity index (χ1) is 14.4. The molecule has 0 spiro atoms. The fourth-order valence-electron chi connectivity index (χ4n) is 3.39. The number of nitrogens with one attached hydrogen (secondary N) is 1. The molecular weight excluding hydrogens is 410 g/mol. The summed E-state index contributed by atoms with van der Waals surface area (Å²) in [5.74, 6) is -0.798. The van der Waals surface area contributed by atoms with Gasteiger partial charge in [-0.05, 0) is 30.3 Å². The van der Waals surface area contributed by atoms with E-state index >= 15 is 0 Å². The molecule has 0 radical (unpaired) electrons. The van der Waals surface area contributed by atoms with Crippen molar-refractivity contribution in [1.82, 2.24) is 19.0 Å². The third kappa shape index (κ3) is 3.43. The molecule has 0 fully saturated rings. The van der Waals surface area contributed by atoms with Crippen molar-refractivity contribution in [2.45, 2.75) is 20.0 Å². The molecule has 3 aromatic rings. The van der Waals surface area contributed by atoms with Crippen LogP contribution in [0, 0.1) is 0 Å². The molecule has 154 valence electrons. The van der Waals surface area contributed by atoms with Crippen molar-refractivity contribution >= 4 is 29.1 Å². The minimum absolute atomic E-state index is 0.133. The molecule has 0 bridgehead atoms. The SMILES string of the molecule is CC(=O)N1CCn2c(c(O)n(-c3ccc(NC(=O)c4ccccn4)cc3Cl)c2=O)C1. The van der Waals surface area contributed by atoms with E-state index in [4.69, 9.17) is 11.6 Å². The number of carbonyl (C=O) groups excluding carboxylic acids is 2. The lowest BCUT2D eigenvalue weighted by molar-refractivity contribution is -0.130.